The van der Waals surface area contributed by atoms with Crippen LogP contribution in [-0.4, -0.2) is 23.0 Å². The third-order valence-electron chi connectivity index (χ3n) is 2.01. The number of nitrogens with zero attached hydrogens (tertiary/aromatic N) is 3. The van der Waals surface area contributed by atoms with E-state index in [4.69, 9.17) is 11.6 Å². The van der Waals surface area contributed by atoms with Crippen LogP contribution in [0.1, 0.15) is 4.88 Å². The van der Waals surface area contributed by atoms with Gasteiger partial charge < -0.3 is 4.57 Å². The van der Waals surface area contributed by atoms with Gasteiger partial charge in [0.15, 0.2) is 0 Å². The second-order valence-electron chi connectivity index (χ2n) is 3.24. The molecule has 0 saturated heterocycles. The fourth-order valence-corrected chi connectivity index (χ4v) is 3.19. The first-order chi connectivity index (χ1) is 8.00. The third-order valence-corrected chi connectivity index (χ3v) is 4.68. The van der Waals surface area contributed by atoms with Gasteiger partial charge in [-0.05, 0) is 0 Å². The molecule has 0 aromatic carbocycles. The monoisotopic (exact) mass is 292 g/mol. The zero-order valence-electron chi connectivity index (χ0n) is 8.79. The van der Waals surface area contributed by atoms with Gasteiger partial charge in [-0.3, -0.25) is 4.98 Å². The molecule has 0 saturated carbocycles. The molecule has 2 rings (SSSR count). The SMILES string of the molecule is Cn1cnc(S(=O)(=O)NCc2cncs2)c1Cl. The molecule has 0 fully saturated rings. The van der Waals surface area contributed by atoms with Crippen molar-refractivity contribution in [3.05, 3.63) is 28.1 Å². The van der Waals surface area contributed by atoms with E-state index in [0.717, 1.165) is 4.88 Å². The molecule has 0 aliphatic heterocycles. The maximum atomic E-state index is 11.9. The molecule has 2 aromatic heterocycles. The molecule has 2 aromatic rings. The van der Waals surface area contributed by atoms with Gasteiger partial charge in [-0.15, -0.1) is 11.3 Å². The van der Waals surface area contributed by atoms with Gasteiger partial charge in [0.25, 0.3) is 10.0 Å². The van der Waals surface area contributed by atoms with E-state index in [1.807, 2.05) is 0 Å². The molecule has 0 aliphatic carbocycles. The van der Waals surface area contributed by atoms with E-state index in [1.165, 1.54) is 22.2 Å². The van der Waals surface area contributed by atoms with Gasteiger partial charge in [-0.1, -0.05) is 11.6 Å². The Morgan fingerprint density at radius 3 is 2.88 bits per heavy atom. The summed E-state index contributed by atoms with van der Waals surface area (Å²) in [5.74, 6) is 0. The highest BCUT2D eigenvalue weighted by atomic mass is 35.5. The van der Waals surface area contributed by atoms with E-state index < -0.39 is 10.0 Å². The van der Waals surface area contributed by atoms with Crippen molar-refractivity contribution in [3.63, 3.8) is 0 Å². The smallest absolute Gasteiger partial charge is 0.261 e. The van der Waals surface area contributed by atoms with E-state index in [2.05, 4.69) is 14.7 Å². The predicted molar refractivity (Wildman–Crippen MR) is 64.4 cm³/mol. The molecule has 17 heavy (non-hydrogen) atoms. The van der Waals surface area contributed by atoms with Crippen LogP contribution in [0, 0.1) is 0 Å². The number of hydrogen-bond donors (Lipinski definition) is 1. The van der Waals surface area contributed by atoms with Gasteiger partial charge in [-0.25, -0.2) is 18.1 Å². The van der Waals surface area contributed by atoms with Crippen molar-refractivity contribution in [2.45, 2.75) is 11.6 Å². The van der Waals surface area contributed by atoms with Gasteiger partial charge >= 0.3 is 0 Å². The number of nitrogens with one attached hydrogen (secondary N) is 1. The first-order valence-corrected chi connectivity index (χ1v) is 7.28. The maximum Gasteiger partial charge on any atom is 0.261 e. The molecule has 0 radical (unpaired) electrons. The number of hydrogen-bond acceptors (Lipinski definition) is 5. The second-order valence-corrected chi connectivity index (χ2v) is 6.25. The molecular weight excluding hydrogens is 284 g/mol. The van der Waals surface area contributed by atoms with Crippen LogP contribution in [0.2, 0.25) is 5.15 Å². The number of rotatable bonds is 4. The highest BCUT2D eigenvalue weighted by Gasteiger charge is 2.21. The van der Waals surface area contributed by atoms with Crippen molar-refractivity contribution >= 4 is 33.0 Å². The van der Waals surface area contributed by atoms with E-state index in [-0.39, 0.29) is 16.7 Å². The molecule has 9 heteroatoms. The largest absolute Gasteiger partial charge is 0.324 e. The van der Waals surface area contributed by atoms with Crippen LogP contribution >= 0.6 is 22.9 Å². The zero-order valence-corrected chi connectivity index (χ0v) is 11.2. The van der Waals surface area contributed by atoms with Crippen molar-refractivity contribution in [2.75, 3.05) is 0 Å². The van der Waals surface area contributed by atoms with Crippen LogP contribution in [-0.2, 0) is 23.6 Å². The molecule has 1 N–H and O–H groups in total. The Hall–Kier alpha value is -0.960. The summed E-state index contributed by atoms with van der Waals surface area (Å²) in [4.78, 5) is 8.43. The van der Waals surface area contributed by atoms with E-state index >= 15 is 0 Å². The lowest BCUT2D eigenvalue weighted by molar-refractivity contribution is 0.578. The summed E-state index contributed by atoms with van der Waals surface area (Å²) in [7, 11) is -2.06. The van der Waals surface area contributed by atoms with Crippen LogP contribution in [0.3, 0.4) is 0 Å². The minimum atomic E-state index is -3.68. The Labute approximate surface area is 107 Å². The summed E-state index contributed by atoms with van der Waals surface area (Å²) >= 11 is 7.20. The van der Waals surface area contributed by atoms with E-state index in [1.54, 1.807) is 18.8 Å². The lowest BCUT2D eigenvalue weighted by Gasteiger charge is -2.03. The molecule has 0 unspecified atom stereocenters. The Bertz CT molecular complexity index is 606. The average molecular weight is 293 g/mol. The molecule has 6 nitrogen and oxygen atoms in total. The van der Waals surface area contributed by atoms with Gasteiger partial charge in [-0.2, -0.15) is 0 Å². The summed E-state index contributed by atoms with van der Waals surface area (Å²) in [6.07, 6.45) is 2.96. The summed E-state index contributed by atoms with van der Waals surface area (Å²) in [6, 6.07) is 0. The fraction of sp³-hybridized carbons (Fsp3) is 0.250. The number of imidazole rings is 1. The number of sulfonamides is 1. The molecule has 0 amide bonds. The lowest BCUT2D eigenvalue weighted by Crippen LogP contribution is -2.23. The first kappa shape index (κ1) is 12.5. The van der Waals surface area contributed by atoms with E-state index in [0.29, 0.717) is 0 Å². The predicted octanol–water partition coefficient (Wildman–Crippen LogP) is 1.01. The summed E-state index contributed by atoms with van der Waals surface area (Å²) in [5.41, 5.74) is 1.64. The second kappa shape index (κ2) is 4.73. The molecule has 0 atom stereocenters. The van der Waals surface area contributed by atoms with Gasteiger partial charge in [0.2, 0.25) is 5.03 Å². The van der Waals surface area contributed by atoms with Crippen LogP contribution < -0.4 is 4.72 Å². The summed E-state index contributed by atoms with van der Waals surface area (Å²) < 4.78 is 27.6. The number of aryl methyl sites for hydroxylation is 1. The highest BCUT2D eigenvalue weighted by molar-refractivity contribution is 7.89. The quantitative estimate of drug-likeness (QED) is 0.912. The van der Waals surface area contributed by atoms with Gasteiger partial charge in [0, 0.05) is 24.7 Å². The third kappa shape index (κ3) is 2.65. The Kier molecular flexibility index (Phi) is 3.48. The van der Waals surface area contributed by atoms with Crippen LogP contribution in [0.25, 0.3) is 0 Å². The highest BCUT2D eigenvalue weighted by Crippen LogP contribution is 2.18. The topological polar surface area (TPSA) is 76.9 Å². The fourth-order valence-electron chi connectivity index (χ4n) is 1.14. The minimum Gasteiger partial charge on any atom is -0.324 e. The molecule has 0 spiro atoms. The zero-order chi connectivity index (χ0) is 12.5. The van der Waals surface area contributed by atoms with E-state index in [9.17, 15) is 8.42 Å². The Morgan fingerprint density at radius 1 is 1.59 bits per heavy atom. The molecule has 92 valence electrons. The number of aromatic nitrogens is 3. The van der Waals surface area contributed by atoms with Gasteiger partial charge in [0.05, 0.1) is 11.8 Å². The van der Waals surface area contributed by atoms with Crippen LogP contribution in [0.4, 0.5) is 0 Å². The standard InChI is InChI=1S/C8H9ClN4O2S2/c1-13-4-11-8(7(13)9)17(14,15)12-3-6-2-10-5-16-6/h2,4-5,12H,3H2,1H3. The normalized spacial score (nSPS) is 11.9. The number of thiazole rings is 1. The van der Waals surface area contributed by atoms with Crippen molar-refractivity contribution in [3.8, 4) is 0 Å². The Morgan fingerprint density at radius 2 is 2.35 bits per heavy atom. The molecule has 0 bridgehead atoms. The molecular formula is C8H9ClN4O2S2. The van der Waals surface area contributed by atoms with Crippen molar-refractivity contribution in [1.29, 1.82) is 0 Å². The Balaban J connectivity index is 2.17. The molecule has 0 aliphatic rings. The van der Waals surface area contributed by atoms with Crippen molar-refractivity contribution in [2.24, 2.45) is 7.05 Å². The first-order valence-electron chi connectivity index (χ1n) is 4.54. The van der Waals surface area contributed by atoms with Crippen LogP contribution in [0.15, 0.2) is 23.1 Å². The molecule has 2 heterocycles. The number of halogens is 1. The summed E-state index contributed by atoms with van der Waals surface area (Å²) in [5, 5.41) is -0.0759. The van der Waals surface area contributed by atoms with Gasteiger partial charge in [0.1, 0.15) is 5.15 Å². The average Bonchev–Trinajstić information content (AvgIpc) is 2.88. The van der Waals surface area contributed by atoms with Crippen molar-refractivity contribution < 1.29 is 8.42 Å². The minimum absolute atomic E-state index is 0.0850. The lowest BCUT2D eigenvalue weighted by atomic mass is 10.6. The summed E-state index contributed by atoms with van der Waals surface area (Å²) in [6.45, 7) is 0.180. The van der Waals surface area contributed by atoms with Crippen molar-refractivity contribution in [1.82, 2.24) is 19.3 Å². The van der Waals surface area contributed by atoms with Crippen LogP contribution in [0.5, 0.6) is 0 Å². The maximum absolute atomic E-state index is 11.9.